The monoisotopic (exact) mass is 225 g/mol. The van der Waals surface area contributed by atoms with E-state index in [4.69, 9.17) is 5.73 Å². The molecule has 0 aromatic heterocycles. The molecule has 2 aliphatic rings. The number of hydrogen-bond acceptors (Lipinski definition) is 6. The first kappa shape index (κ1) is 11.0. The molecule has 7 heteroatoms. The molecule has 5 N–H and O–H groups in total. The van der Waals surface area contributed by atoms with Gasteiger partial charge in [-0.25, -0.2) is 0 Å². The lowest BCUT2D eigenvalue weighted by Crippen LogP contribution is -2.63. The minimum atomic E-state index is -0.604. The Morgan fingerprint density at radius 2 is 2.44 bits per heavy atom. The van der Waals surface area contributed by atoms with Crippen molar-refractivity contribution in [2.45, 2.75) is 31.5 Å². The molecule has 88 valence electrons. The number of nitrogens with two attached hydrogens (primary N) is 1. The Kier molecular flexibility index (Phi) is 2.88. The van der Waals surface area contributed by atoms with E-state index in [1.165, 1.54) is 0 Å². The Hall–Kier alpha value is -1.47. The summed E-state index contributed by atoms with van der Waals surface area (Å²) in [6.07, 6.45) is 0.101. The van der Waals surface area contributed by atoms with Crippen LogP contribution in [0, 0.1) is 0 Å². The summed E-state index contributed by atoms with van der Waals surface area (Å²) in [6.45, 7) is 2.29. The molecule has 16 heavy (non-hydrogen) atoms. The predicted molar refractivity (Wildman–Crippen MR) is 59.1 cm³/mol. The largest absolute Gasteiger partial charge is 0.391 e. The highest BCUT2D eigenvalue weighted by Crippen LogP contribution is 2.10. The number of carbonyl (C=O) groups excluding carboxylic acids is 1. The molecule has 0 bridgehead atoms. The van der Waals surface area contributed by atoms with Gasteiger partial charge in [-0.05, 0) is 6.42 Å². The van der Waals surface area contributed by atoms with Crippen LogP contribution in [-0.4, -0.2) is 47.5 Å². The topological polar surface area (TPSA) is 112 Å². The minimum Gasteiger partial charge on any atom is -0.391 e. The third kappa shape index (κ3) is 1.91. The smallest absolute Gasteiger partial charge is 0.251 e. The molecule has 0 aromatic carbocycles. The highest BCUT2D eigenvalue weighted by atomic mass is 16.3. The van der Waals surface area contributed by atoms with Gasteiger partial charge in [0, 0.05) is 0 Å². The van der Waals surface area contributed by atoms with Crippen molar-refractivity contribution in [1.82, 2.24) is 10.6 Å². The second kappa shape index (κ2) is 4.18. The van der Waals surface area contributed by atoms with Gasteiger partial charge in [0.2, 0.25) is 5.96 Å². The molecule has 0 aromatic rings. The van der Waals surface area contributed by atoms with Crippen molar-refractivity contribution in [1.29, 1.82) is 0 Å². The summed E-state index contributed by atoms with van der Waals surface area (Å²) >= 11 is 0. The summed E-state index contributed by atoms with van der Waals surface area (Å²) in [6, 6.07) is -0.814. The standard InChI is InChI=1S/C9H15N5O2/c1-2-5(15)4-3-11-7-6(12-4)8(16)14-9(10)13-7/h4-6,12,15H,2-3H2,1H3,(H3,10,11,13,14,16). The van der Waals surface area contributed by atoms with E-state index in [2.05, 4.69) is 20.6 Å². The molecular formula is C9H15N5O2. The van der Waals surface area contributed by atoms with Crippen LogP contribution in [0.1, 0.15) is 13.3 Å². The van der Waals surface area contributed by atoms with Crippen molar-refractivity contribution in [2.24, 2.45) is 15.7 Å². The van der Waals surface area contributed by atoms with Crippen molar-refractivity contribution in [3.63, 3.8) is 0 Å². The molecule has 2 rings (SSSR count). The van der Waals surface area contributed by atoms with Crippen LogP contribution in [0.25, 0.3) is 0 Å². The highest BCUT2D eigenvalue weighted by Gasteiger charge is 2.35. The lowest BCUT2D eigenvalue weighted by atomic mass is 10.0. The van der Waals surface area contributed by atoms with Gasteiger partial charge in [-0.15, -0.1) is 0 Å². The number of guanidine groups is 1. The maximum absolute atomic E-state index is 11.6. The molecule has 0 saturated heterocycles. The zero-order valence-electron chi connectivity index (χ0n) is 8.97. The van der Waals surface area contributed by atoms with Gasteiger partial charge in [-0.2, -0.15) is 4.99 Å². The average Bonchev–Trinajstić information content (AvgIpc) is 2.27. The van der Waals surface area contributed by atoms with Crippen LogP contribution in [0.3, 0.4) is 0 Å². The molecule has 1 amide bonds. The second-order valence-electron chi connectivity index (χ2n) is 3.87. The lowest BCUT2D eigenvalue weighted by molar-refractivity contribution is -0.120. The Morgan fingerprint density at radius 1 is 1.69 bits per heavy atom. The molecule has 7 nitrogen and oxygen atoms in total. The number of aliphatic imine (C=N–C) groups is 2. The van der Waals surface area contributed by atoms with Crippen LogP contribution in [0.15, 0.2) is 9.98 Å². The number of aliphatic hydroxyl groups is 1. The first-order chi connectivity index (χ1) is 7.61. The first-order valence-electron chi connectivity index (χ1n) is 5.25. The number of amides is 1. The van der Waals surface area contributed by atoms with Gasteiger partial charge in [0.1, 0.15) is 6.04 Å². The van der Waals surface area contributed by atoms with E-state index in [0.717, 1.165) is 0 Å². The van der Waals surface area contributed by atoms with E-state index in [9.17, 15) is 9.90 Å². The average molecular weight is 225 g/mol. The quantitative estimate of drug-likeness (QED) is 0.433. The molecule has 0 radical (unpaired) electrons. The summed E-state index contributed by atoms with van der Waals surface area (Å²) in [4.78, 5) is 19.7. The van der Waals surface area contributed by atoms with Crippen LogP contribution >= 0.6 is 0 Å². The number of hydrogen-bond donors (Lipinski definition) is 4. The van der Waals surface area contributed by atoms with Gasteiger partial charge >= 0.3 is 0 Å². The van der Waals surface area contributed by atoms with Gasteiger partial charge in [0.15, 0.2) is 5.84 Å². The molecular weight excluding hydrogens is 210 g/mol. The number of nitrogens with zero attached hydrogens (tertiary/aromatic N) is 2. The van der Waals surface area contributed by atoms with Crippen LogP contribution in [-0.2, 0) is 4.79 Å². The Labute approximate surface area is 92.8 Å². The fourth-order valence-corrected chi connectivity index (χ4v) is 1.78. The van der Waals surface area contributed by atoms with E-state index in [-0.39, 0.29) is 17.9 Å². The number of carbonyl (C=O) groups is 1. The molecule has 2 heterocycles. The van der Waals surface area contributed by atoms with Crippen molar-refractivity contribution in [3.8, 4) is 0 Å². The van der Waals surface area contributed by atoms with Crippen molar-refractivity contribution < 1.29 is 9.90 Å². The summed E-state index contributed by atoms with van der Waals surface area (Å²) in [5.41, 5.74) is 5.41. The molecule has 3 unspecified atom stereocenters. The number of amidine groups is 1. The SMILES string of the molecule is CCC(O)C1CN=C2N=C(N)NC(=O)C2N1. The van der Waals surface area contributed by atoms with E-state index >= 15 is 0 Å². The zero-order chi connectivity index (χ0) is 11.7. The molecule has 3 atom stereocenters. The van der Waals surface area contributed by atoms with Gasteiger partial charge < -0.3 is 10.8 Å². The molecule has 0 spiro atoms. The van der Waals surface area contributed by atoms with Crippen molar-refractivity contribution >= 4 is 17.7 Å². The number of nitrogens with one attached hydrogen (secondary N) is 2. The zero-order valence-corrected chi connectivity index (χ0v) is 8.97. The van der Waals surface area contributed by atoms with Crippen molar-refractivity contribution in [2.75, 3.05) is 6.54 Å². The van der Waals surface area contributed by atoms with Crippen LogP contribution in [0.5, 0.6) is 0 Å². The third-order valence-corrected chi connectivity index (χ3v) is 2.72. The molecule has 0 aliphatic carbocycles. The maximum atomic E-state index is 11.6. The predicted octanol–water partition coefficient (Wildman–Crippen LogP) is -2.06. The lowest BCUT2D eigenvalue weighted by Gasteiger charge is -2.32. The Bertz CT molecular complexity index is 365. The normalized spacial score (nSPS) is 31.0. The van der Waals surface area contributed by atoms with Crippen molar-refractivity contribution in [3.05, 3.63) is 0 Å². The summed E-state index contributed by atoms with van der Waals surface area (Å²) < 4.78 is 0. The number of rotatable bonds is 2. The molecule has 0 saturated carbocycles. The van der Waals surface area contributed by atoms with Crippen LogP contribution in [0.2, 0.25) is 0 Å². The first-order valence-corrected chi connectivity index (χ1v) is 5.25. The molecule has 2 aliphatic heterocycles. The maximum Gasteiger partial charge on any atom is 0.251 e. The summed E-state index contributed by atoms with van der Waals surface area (Å²) in [5, 5.41) is 15.1. The van der Waals surface area contributed by atoms with E-state index in [1.807, 2.05) is 6.92 Å². The van der Waals surface area contributed by atoms with E-state index in [0.29, 0.717) is 18.8 Å². The van der Waals surface area contributed by atoms with Crippen LogP contribution < -0.4 is 16.4 Å². The fraction of sp³-hybridized carbons (Fsp3) is 0.667. The Morgan fingerprint density at radius 3 is 3.12 bits per heavy atom. The van der Waals surface area contributed by atoms with Gasteiger partial charge in [-0.1, -0.05) is 6.92 Å². The fourth-order valence-electron chi connectivity index (χ4n) is 1.78. The summed E-state index contributed by atoms with van der Waals surface area (Å²) in [7, 11) is 0. The van der Waals surface area contributed by atoms with E-state index in [1.54, 1.807) is 0 Å². The van der Waals surface area contributed by atoms with Gasteiger partial charge in [0.25, 0.3) is 5.91 Å². The third-order valence-electron chi connectivity index (χ3n) is 2.72. The Balaban J connectivity index is 2.18. The highest BCUT2D eigenvalue weighted by molar-refractivity contribution is 6.19. The second-order valence-corrected chi connectivity index (χ2v) is 3.87. The molecule has 0 fully saturated rings. The van der Waals surface area contributed by atoms with Gasteiger partial charge in [0.05, 0.1) is 18.7 Å². The minimum absolute atomic E-state index is 0.0660. The summed E-state index contributed by atoms with van der Waals surface area (Å²) in [5.74, 6) is 0.177. The van der Waals surface area contributed by atoms with E-state index < -0.39 is 12.1 Å². The number of aliphatic hydroxyl groups excluding tert-OH is 1. The van der Waals surface area contributed by atoms with Crippen LogP contribution in [0.4, 0.5) is 0 Å². The van der Waals surface area contributed by atoms with Gasteiger partial charge in [-0.3, -0.25) is 20.4 Å². The number of fused-ring (bicyclic) bond motifs is 1.